The molecule has 0 amide bonds. The second-order valence-corrected chi connectivity index (χ2v) is 4.62. The van der Waals surface area contributed by atoms with E-state index in [0.717, 1.165) is 23.8 Å². The lowest BCUT2D eigenvalue weighted by Crippen LogP contribution is -2.19. The Morgan fingerprint density at radius 1 is 1.53 bits per heavy atom. The van der Waals surface area contributed by atoms with E-state index in [4.69, 9.17) is 5.11 Å². The lowest BCUT2D eigenvalue weighted by atomic mass is 10.4. The molecular formula is C9H17N3O2S. The van der Waals surface area contributed by atoms with Gasteiger partial charge in [0.25, 0.3) is 0 Å². The van der Waals surface area contributed by atoms with Gasteiger partial charge in [0.05, 0.1) is 0 Å². The summed E-state index contributed by atoms with van der Waals surface area (Å²) in [6.07, 6.45) is 1.73. The van der Waals surface area contributed by atoms with Crippen LogP contribution in [0.4, 0.5) is 0 Å². The largest absolute Gasteiger partial charge is 0.396 e. The molecule has 86 valence electrons. The van der Waals surface area contributed by atoms with E-state index in [0.29, 0.717) is 0 Å². The first-order valence-electron chi connectivity index (χ1n) is 5.07. The van der Waals surface area contributed by atoms with Crippen molar-refractivity contribution in [2.24, 2.45) is 0 Å². The van der Waals surface area contributed by atoms with Gasteiger partial charge in [-0.1, -0.05) is 11.8 Å². The first-order chi connectivity index (χ1) is 7.16. The summed E-state index contributed by atoms with van der Waals surface area (Å²) in [5.74, 6) is 0.873. The molecule has 5 nitrogen and oxygen atoms in total. The van der Waals surface area contributed by atoms with Crippen LogP contribution in [-0.2, 0) is 0 Å². The maximum absolute atomic E-state index is 11.4. The van der Waals surface area contributed by atoms with Gasteiger partial charge in [0.1, 0.15) is 0 Å². The molecule has 2 N–H and O–H groups in total. The Kier molecular flexibility index (Phi) is 4.90. The third-order valence-corrected chi connectivity index (χ3v) is 3.01. The molecule has 0 bridgehead atoms. The van der Waals surface area contributed by atoms with E-state index < -0.39 is 0 Å². The van der Waals surface area contributed by atoms with Gasteiger partial charge in [0.15, 0.2) is 5.16 Å². The summed E-state index contributed by atoms with van der Waals surface area (Å²) in [7, 11) is 0. The molecule has 1 aromatic heterocycles. The number of aliphatic hydroxyl groups is 1. The predicted molar refractivity (Wildman–Crippen MR) is 60.3 cm³/mol. The number of aromatic nitrogens is 3. The van der Waals surface area contributed by atoms with Crippen LogP contribution in [0.3, 0.4) is 0 Å². The third-order valence-electron chi connectivity index (χ3n) is 1.97. The molecule has 0 spiro atoms. The van der Waals surface area contributed by atoms with E-state index in [-0.39, 0.29) is 18.3 Å². The van der Waals surface area contributed by atoms with Crippen LogP contribution in [0.15, 0.2) is 9.95 Å². The highest BCUT2D eigenvalue weighted by molar-refractivity contribution is 7.99. The molecular weight excluding hydrogens is 214 g/mol. The molecule has 0 aliphatic heterocycles. The van der Waals surface area contributed by atoms with Crippen LogP contribution in [0, 0.1) is 0 Å². The Hall–Kier alpha value is -0.750. The van der Waals surface area contributed by atoms with Gasteiger partial charge in [-0.2, -0.15) is 0 Å². The van der Waals surface area contributed by atoms with Crippen LogP contribution >= 0.6 is 11.8 Å². The Morgan fingerprint density at radius 2 is 2.27 bits per heavy atom. The van der Waals surface area contributed by atoms with Crippen molar-refractivity contribution >= 4 is 11.8 Å². The summed E-state index contributed by atoms with van der Waals surface area (Å²) in [6, 6.07) is 0.122. The second-order valence-electron chi connectivity index (χ2n) is 3.55. The molecule has 1 rings (SSSR count). The smallest absolute Gasteiger partial charge is 0.344 e. The van der Waals surface area contributed by atoms with Crippen molar-refractivity contribution in [3.05, 3.63) is 10.5 Å². The monoisotopic (exact) mass is 231 g/mol. The molecule has 0 unspecified atom stereocenters. The zero-order valence-corrected chi connectivity index (χ0v) is 9.88. The minimum Gasteiger partial charge on any atom is -0.396 e. The van der Waals surface area contributed by atoms with E-state index in [2.05, 4.69) is 10.2 Å². The van der Waals surface area contributed by atoms with Gasteiger partial charge >= 0.3 is 5.69 Å². The lowest BCUT2D eigenvalue weighted by molar-refractivity contribution is 0.287. The average molecular weight is 231 g/mol. The Bertz CT molecular complexity index is 345. The Labute approximate surface area is 92.9 Å². The number of hydrogen-bond acceptors (Lipinski definition) is 4. The highest BCUT2D eigenvalue weighted by atomic mass is 32.2. The van der Waals surface area contributed by atoms with Gasteiger partial charge in [-0.05, 0) is 26.7 Å². The maximum Gasteiger partial charge on any atom is 0.344 e. The minimum absolute atomic E-state index is 0.122. The highest BCUT2D eigenvalue weighted by Crippen LogP contribution is 2.17. The molecule has 15 heavy (non-hydrogen) atoms. The topological polar surface area (TPSA) is 70.9 Å². The molecule has 6 heteroatoms. The van der Waals surface area contributed by atoms with Crippen LogP contribution in [0.25, 0.3) is 0 Å². The van der Waals surface area contributed by atoms with Gasteiger partial charge in [-0.15, -0.1) is 5.10 Å². The molecule has 0 aliphatic carbocycles. The summed E-state index contributed by atoms with van der Waals surface area (Å²) < 4.78 is 1.64. The van der Waals surface area contributed by atoms with E-state index in [1.54, 1.807) is 16.3 Å². The van der Waals surface area contributed by atoms with E-state index in [1.165, 1.54) is 0 Å². The van der Waals surface area contributed by atoms with Crippen molar-refractivity contribution in [2.45, 2.75) is 37.9 Å². The number of rotatable bonds is 6. The molecule has 0 saturated carbocycles. The summed E-state index contributed by atoms with van der Waals surface area (Å²) in [5, 5.41) is 15.8. The predicted octanol–water partition coefficient (Wildman–Crippen LogP) is 1.02. The SMILES string of the molecule is CC(C)n1c(SCCCCO)n[nH]c1=O. The van der Waals surface area contributed by atoms with Gasteiger partial charge in [-0.25, -0.2) is 9.89 Å². The van der Waals surface area contributed by atoms with Gasteiger partial charge in [0.2, 0.25) is 0 Å². The molecule has 0 aromatic carbocycles. The first kappa shape index (κ1) is 12.3. The van der Waals surface area contributed by atoms with Crippen molar-refractivity contribution in [2.75, 3.05) is 12.4 Å². The van der Waals surface area contributed by atoms with Crippen LogP contribution in [0.5, 0.6) is 0 Å². The molecule has 0 fully saturated rings. The number of H-pyrrole nitrogens is 1. The fourth-order valence-corrected chi connectivity index (χ4v) is 2.30. The van der Waals surface area contributed by atoms with E-state index in [1.807, 2.05) is 13.8 Å². The Morgan fingerprint density at radius 3 is 2.87 bits per heavy atom. The molecule has 1 heterocycles. The summed E-state index contributed by atoms with van der Waals surface area (Å²) in [6.45, 7) is 4.13. The van der Waals surface area contributed by atoms with Crippen molar-refractivity contribution in [1.82, 2.24) is 14.8 Å². The summed E-state index contributed by atoms with van der Waals surface area (Å²) in [5.41, 5.74) is -0.158. The average Bonchev–Trinajstić information content (AvgIpc) is 2.54. The van der Waals surface area contributed by atoms with Gasteiger partial charge < -0.3 is 5.11 Å². The fraction of sp³-hybridized carbons (Fsp3) is 0.778. The van der Waals surface area contributed by atoms with Gasteiger partial charge in [0, 0.05) is 18.4 Å². The minimum atomic E-state index is -0.158. The van der Waals surface area contributed by atoms with Gasteiger partial charge in [-0.3, -0.25) is 4.57 Å². The number of thioether (sulfide) groups is 1. The molecule has 0 radical (unpaired) electrons. The van der Waals surface area contributed by atoms with Crippen molar-refractivity contribution in [1.29, 1.82) is 0 Å². The number of unbranched alkanes of at least 4 members (excludes halogenated alkanes) is 1. The van der Waals surface area contributed by atoms with Crippen LogP contribution in [-0.4, -0.2) is 32.2 Å². The van der Waals surface area contributed by atoms with Crippen LogP contribution < -0.4 is 5.69 Å². The molecule has 0 aliphatic rings. The summed E-state index contributed by atoms with van der Waals surface area (Å²) >= 11 is 1.55. The quantitative estimate of drug-likeness (QED) is 0.566. The van der Waals surface area contributed by atoms with Crippen molar-refractivity contribution in [3.63, 3.8) is 0 Å². The first-order valence-corrected chi connectivity index (χ1v) is 6.06. The normalized spacial score (nSPS) is 11.2. The van der Waals surface area contributed by atoms with Crippen molar-refractivity contribution in [3.8, 4) is 0 Å². The van der Waals surface area contributed by atoms with E-state index >= 15 is 0 Å². The highest BCUT2D eigenvalue weighted by Gasteiger charge is 2.10. The Balaban J connectivity index is 2.57. The fourth-order valence-electron chi connectivity index (χ4n) is 1.22. The lowest BCUT2D eigenvalue weighted by Gasteiger charge is -2.07. The number of hydrogen-bond donors (Lipinski definition) is 2. The summed E-state index contributed by atoms with van der Waals surface area (Å²) in [4.78, 5) is 11.4. The van der Waals surface area contributed by atoms with Crippen LogP contribution in [0.2, 0.25) is 0 Å². The zero-order chi connectivity index (χ0) is 11.3. The number of aromatic amines is 1. The maximum atomic E-state index is 11.4. The third kappa shape index (κ3) is 3.39. The van der Waals surface area contributed by atoms with E-state index in [9.17, 15) is 4.79 Å². The van der Waals surface area contributed by atoms with Crippen LogP contribution in [0.1, 0.15) is 32.7 Å². The molecule has 0 atom stereocenters. The number of nitrogens with one attached hydrogen (secondary N) is 1. The number of nitrogens with zero attached hydrogens (tertiary/aromatic N) is 2. The second kappa shape index (κ2) is 5.97. The molecule has 0 saturated heterocycles. The molecule has 1 aromatic rings. The zero-order valence-electron chi connectivity index (χ0n) is 9.06. The van der Waals surface area contributed by atoms with Crippen molar-refractivity contribution < 1.29 is 5.11 Å². The standard InChI is InChI=1S/C9H17N3O2S/c1-7(2)12-8(14)10-11-9(12)15-6-4-3-5-13/h7,13H,3-6H2,1-2H3,(H,10,14). The number of aliphatic hydroxyl groups excluding tert-OH is 1.